The zero-order valence-corrected chi connectivity index (χ0v) is 15.9. The number of carbonyl (C=O) groups excluding carboxylic acids is 1. The Kier molecular flexibility index (Phi) is 7.23. The number of carbonyl (C=O) groups is 1. The van der Waals surface area contributed by atoms with Crippen molar-refractivity contribution >= 4 is 29.7 Å². The van der Waals surface area contributed by atoms with E-state index >= 15 is 0 Å². The van der Waals surface area contributed by atoms with E-state index < -0.39 is 0 Å². The van der Waals surface area contributed by atoms with Gasteiger partial charge in [0.15, 0.2) is 0 Å². The van der Waals surface area contributed by atoms with Crippen LogP contribution >= 0.6 is 23.7 Å². The van der Waals surface area contributed by atoms with E-state index in [1.165, 1.54) is 11.3 Å². The maximum absolute atomic E-state index is 12.5. The van der Waals surface area contributed by atoms with Crippen molar-refractivity contribution in [2.45, 2.75) is 19.8 Å². The summed E-state index contributed by atoms with van der Waals surface area (Å²) in [7, 11) is 0. The summed E-state index contributed by atoms with van der Waals surface area (Å²) in [6, 6.07) is 7.86. The lowest BCUT2D eigenvalue weighted by Gasteiger charge is -2.14. The molecule has 5 nitrogen and oxygen atoms in total. The zero-order valence-electron chi connectivity index (χ0n) is 14.3. The smallest absolute Gasteiger partial charge is 0.273 e. The average molecular weight is 382 g/mol. The number of ether oxygens (including phenoxy) is 1. The first kappa shape index (κ1) is 19.7. The normalized spacial score (nSPS) is 16.6. The SMILES string of the molecule is CCCOc1ccc(-c2nc(C(=O)N3CCC(CN)C3)cs2)cc1.Cl. The molecule has 2 aromatic rings. The van der Waals surface area contributed by atoms with Gasteiger partial charge >= 0.3 is 0 Å². The number of aromatic nitrogens is 1. The quantitative estimate of drug-likeness (QED) is 0.832. The molecule has 1 fully saturated rings. The van der Waals surface area contributed by atoms with Crippen LogP contribution in [0.15, 0.2) is 29.6 Å². The second-order valence-corrected chi connectivity index (χ2v) is 6.91. The van der Waals surface area contributed by atoms with E-state index in [1.54, 1.807) is 0 Å². The van der Waals surface area contributed by atoms with Gasteiger partial charge in [-0.1, -0.05) is 6.92 Å². The van der Waals surface area contributed by atoms with Gasteiger partial charge < -0.3 is 15.4 Å². The number of likely N-dealkylation sites (tertiary alicyclic amines) is 1. The number of amides is 1. The molecule has 0 saturated carbocycles. The highest BCUT2D eigenvalue weighted by molar-refractivity contribution is 7.13. The molecule has 136 valence electrons. The predicted molar refractivity (Wildman–Crippen MR) is 104 cm³/mol. The Balaban J connectivity index is 0.00000225. The van der Waals surface area contributed by atoms with Crippen LogP contribution in [0.4, 0.5) is 0 Å². The third-order valence-electron chi connectivity index (χ3n) is 4.20. The van der Waals surface area contributed by atoms with Gasteiger partial charge in [0.2, 0.25) is 0 Å². The van der Waals surface area contributed by atoms with Crippen LogP contribution in [0.25, 0.3) is 10.6 Å². The van der Waals surface area contributed by atoms with Crippen molar-refractivity contribution in [1.82, 2.24) is 9.88 Å². The van der Waals surface area contributed by atoms with Crippen LogP contribution in [-0.2, 0) is 0 Å². The molecule has 2 heterocycles. The summed E-state index contributed by atoms with van der Waals surface area (Å²) in [5.74, 6) is 1.29. The Morgan fingerprint density at radius 1 is 1.40 bits per heavy atom. The maximum atomic E-state index is 12.5. The van der Waals surface area contributed by atoms with Gasteiger partial charge in [0.05, 0.1) is 6.61 Å². The number of hydrogen-bond donors (Lipinski definition) is 1. The van der Waals surface area contributed by atoms with Gasteiger partial charge in [0, 0.05) is 24.0 Å². The predicted octanol–water partition coefficient (Wildman–Crippen LogP) is 3.44. The molecule has 1 aromatic heterocycles. The number of halogens is 1. The van der Waals surface area contributed by atoms with Gasteiger partial charge in [-0.25, -0.2) is 4.98 Å². The molecular weight excluding hydrogens is 358 g/mol. The van der Waals surface area contributed by atoms with Gasteiger partial charge in [-0.05, 0) is 49.6 Å². The molecule has 1 atom stereocenters. The highest BCUT2D eigenvalue weighted by atomic mass is 35.5. The first-order valence-corrected chi connectivity index (χ1v) is 9.27. The maximum Gasteiger partial charge on any atom is 0.273 e. The number of benzene rings is 1. The van der Waals surface area contributed by atoms with Crippen LogP contribution in [0.2, 0.25) is 0 Å². The van der Waals surface area contributed by atoms with Crippen LogP contribution < -0.4 is 10.5 Å². The minimum Gasteiger partial charge on any atom is -0.494 e. The van der Waals surface area contributed by atoms with E-state index in [9.17, 15) is 4.79 Å². The lowest BCUT2D eigenvalue weighted by atomic mass is 10.1. The standard InChI is InChI=1S/C18H23N3O2S.ClH/c1-2-9-23-15-5-3-14(4-6-15)17-20-16(12-24-17)18(22)21-8-7-13(10-19)11-21;/h3-6,12-13H,2,7-11,19H2,1H3;1H. The molecule has 1 aliphatic heterocycles. The number of rotatable bonds is 6. The molecule has 7 heteroatoms. The van der Waals surface area contributed by atoms with Gasteiger partial charge in [-0.15, -0.1) is 23.7 Å². The molecule has 1 aliphatic rings. The summed E-state index contributed by atoms with van der Waals surface area (Å²) in [6.45, 7) is 4.95. The van der Waals surface area contributed by atoms with Crippen molar-refractivity contribution in [3.63, 3.8) is 0 Å². The minimum atomic E-state index is 0. The first-order chi connectivity index (χ1) is 11.7. The van der Waals surface area contributed by atoms with Crippen LogP contribution in [0.5, 0.6) is 5.75 Å². The average Bonchev–Trinajstić information content (AvgIpc) is 3.29. The summed E-state index contributed by atoms with van der Waals surface area (Å²) < 4.78 is 5.59. The molecule has 3 rings (SSSR count). The number of nitrogens with two attached hydrogens (primary N) is 1. The first-order valence-electron chi connectivity index (χ1n) is 8.39. The van der Waals surface area contributed by atoms with E-state index in [4.69, 9.17) is 10.5 Å². The Hall–Kier alpha value is -1.63. The summed E-state index contributed by atoms with van der Waals surface area (Å²) in [5, 5.41) is 2.70. The topological polar surface area (TPSA) is 68.5 Å². The second-order valence-electron chi connectivity index (χ2n) is 6.05. The van der Waals surface area contributed by atoms with Crippen molar-refractivity contribution in [2.24, 2.45) is 11.7 Å². The van der Waals surface area contributed by atoms with Gasteiger partial charge in [0.25, 0.3) is 5.91 Å². The summed E-state index contributed by atoms with van der Waals surface area (Å²) >= 11 is 1.50. The van der Waals surface area contributed by atoms with Crippen LogP contribution in [-0.4, -0.2) is 42.0 Å². The van der Waals surface area contributed by atoms with Crippen LogP contribution in [0.3, 0.4) is 0 Å². The van der Waals surface area contributed by atoms with Crippen LogP contribution in [0, 0.1) is 5.92 Å². The summed E-state index contributed by atoms with van der Waals surface area (Å²) in [5.41, 5.74) is 7.23. The third-order valence-corrected chi connectivity index (χ3v) is 5.10. The fraction of sp³-hybridized carbons (Fsp3) is 0.444. The van der Waals surface area contributed by atoms with Crippen molar-refractivity contribution in [1.29, 1.82) is 0 Å². The Morgan fingerprint density at radius 2 is 2.16 bits per heavy atom. The van der Waals surface area contributed by atoms with Gasteiger partial charge in [-0.2, -0.15) is 0 Å². The lowest BCUT2D eigenvalue weighted by molar-refractivity contribution is 0.0782. The summed E-state index contributed by atoms with van der Waals surface area (Å²) in [6.07, 6.45) is 1.97. The molecule has 0 aliphatic carbocycles. The number of thiazole rings is 1. The molecule has 1 amide bonds. The van der Waals surface area contributed by atoms with Crippen molar-refractivity contribution in [3.8, 4) is 16.3 Å². The monoisotopic (exact) mass is 381 g/mol. The second kappa shape index (κ2) is 9.17. The van der Waals surface area contributed by atoms with E-state index in [1.807, 2.05) is 34.5 Å². The number of hydrogen-bond acceptors (Lipinski definition) is 5. The Labute approximate surface area is 158 Å². The van der Waals surface area contributed by atoms with Crippen LogP contribution in [0.1, 0.15) is 30.3 Å². The van der Waals surface area contributed by atoms with E-state index in [0.29, 0.717) is 18.2 Å². The fourth-order valence-electron chi connectivity index (χ4n) is 2.79. The highest BCUT2D eigenvalue weighted by Gasteiger charge is 2.27. The molecule has 1 unspecified atom stereocenters. The van der Waals surface area contributed by atoms with Gasteiger partial charge in [0.1, 0.15) is 16.5 Å². The van der Waals surface area contributed by atoms with Crippen molar-refractivity contribution in [2.75, 3.05) is 26.2 Å². The third kappa shape index (κ3) is 4.71. The molecule has 0 spiro atoms. The Morgan fingerprint density at radius 3 is 2.80 bits per heavy atom. The Bertz CT molecular complexity index is 690. The summed E-state index contributed by atoms with van der Waals surface area (Å²) in [4.78, 5) is 18.9. The molecule has 1 aromatic carbocycles. The van der Waals surface area contributed by atoms with Crippen molar-refractivity contribution in [3.05, 3.63) is 35.3 Å². The molecule has 0 bridgehead atoms. The van der Waals surface area contributed by atoms with E-state index in [0.717, 1.165) is 48.9 Å². The molecule has 25 heavy (non-hydrogen) atoms. The van der Waals surface area contributed by atoms with E-state index in [2.05, 4.69) is 11.9 Å². The zero-order chi connectivity index (χ0) is 16.9. The fourth-order valence-corrected chi connectivity index (χ4v) is 3.59. The highest BCUT2D eigenvalue weighted by Crippen LogP contribution is 2.27. The molecular formula is C18H24ClN3O2S. The molecule has 1 saturated heterocycles. The largest absolute Gasteiger partial charge is 0.494 e. The minimum absolute atomic E-state index is 0. The van der Waals surface area contributed by atoms with Gasteiger partial charge in [-0.3, -0.25) is 4.79 Å². The molecule has 2 N–H and O–H groups in total. The molecule has 0 radical (unpaired) electrons. The van der Waals surface area contributed by atoms with Crippen molar-refractivity contribution < 1.29 is 9.53 Å². The lowest BCUT2D eigenvalue weighted by Crippen LogP contribution is -2.30. The van der Waals surface area contributed by atoms with E-state index in [-0.39, 0.29) is 18.3 Å². The number of nitrogens with zero attached hydrogens (tertiary/aromatic N) is 2.